The van der Waals surface area contributed by atoms with Gasteiger partial charge >= 0.3 is 0 Å². The first-order chi connectivity index (χ1) is 19.9. The number of aromatic nitrogens is 2. The monoisotopic (exact) mass is 583 g/mol. The van der Waals surface area contributed by atoms with E-state index in [4.69, 9.17) is 4.74 Å². The second-order valence-electron chi connectivity index (χ2n) is 11.8. The van der Waals surface area contributed by atoms with Gasteiger partial charge in [0.15, 0.2) is 0 Å². The molecule has 1 amide bonds. The van der Waals surface area contributed by atoms with Crippen LogP contribution in [-0.4, -0.2) is 32.3 Å². The number of hydrogen-bond donors (Lipinski definition) is 1. The Bertz CT molecular complexity index is 1970. The molecule has 8 rings (SSSR count). The van der Waals surface area contributed by atoms with Gasteiger partial charge in [0, 0.05) is 46.0 Å². The van der Waals surface area contributed by atoms with Crippen LogP contribution < -0.4 is 5.32 Å². The summed E-state index contributed by atoms with van der Waals surface area (Å²) < 4.78 is 11.6. The Labute approximate surface area is 247 Å². The maximum atomic E-state index is 13.6. The summed E-state index contributed by atoms with van der Waals surface area (Å²) in [5.41, 5.74) is 8.00. The number of thioether (sulfide) groups is 2. The smallest absolute Gasteiger partial charge is 0.252 e. The van der Waals surface area contributed by atoms with Gasteiger partial charge < -0.3 is 19.2 Å². The van der Waals surface area contributed by atoms with Gasteiger partial charge in [-0.15, -0.1) is 0 Å². The van der Waals surface area contributed by atoms with Crippen LogP contribution in [-0.2, 0) is 27.6 Å². The van der Waals surface area contributed by atoms with Crippen molar-refractivity contribution in [3.63, 3.8) is 0 Å². The van der Waals surface area contributed by atoms with Gasteiger partial charge in [0.05, 0.1) is 33.0 Å². The van der Waals surface area contributed by atoms with E-state index in [1.54, 1.807) is 6.92 Å². The number of nitrogens with zero attached hydrogens (tertiary/aromatic N) is 2. The van der Waals surface area contributed by atoms with E-state index in [0.29, 0.717) is 13.0 Å². The van der Waals surface area contributed by atoms with E-state index < -0.39 is 11.6 Å². The number of rotatable bonds is 7. The molecule has 2 aromatic heterocycles. The van der Waals surface area contributed by atoms with Crippen molar-refractivity contribution in [1.29, 1.82) is 0 Å². The fraction of sp³-hybridized carbons (Fsp3) is 0.394. The van der Waals surface area contributed by atoms with Crippen molar-refractivity contribution in [2.45, 2.75) is 64.6 Å². The predicted octanol–water partition coefficient (Wildman–Crippen LogP) is 7.68. The SMILES string of the molecule is CCSCc1ccc2c(c1)c1c3c(c4c5cc(CSCC)ccc5n5c4c1n2C1C[C@](C)(C(C)=O)C5O1)CNC3=O. The van der Waals surface area contributed by atoms with Crippen molar-refractivity contribution < 1.29 is 14.3 Å². The molecular weight excluding hydrogens is 551 g/mol. The summed E-state index contributed by atoms with van der Waals surface area (Å²) in [6, 6.07) is 13.4. The molecule has 0 spiro atoms. The molecule has 5 aromatic rings. The third kappa shape index (κ3) is 3.32. The quantitative estimate of drug-likeness (QED) is 0.213. The Hall–Kier alpha value is -2.94. The molecule has 3 aromatic carbocycles. The highest BCUT2D eigenvalue weighted by Crippen LogP contribution is 2.58. The summed E-state index contributed by atoms with van der Waals surface area (Å²) in [6.45, 7) is 8.64. The number of amides is 1. The maximum absolute atomic E-state index is 13.6. The van der Waals surface area contributed by atoms with Crippen LogP contribution in [0.25, 0.3) is 43.6 Å². The Balaban J connectivity index is 1.59. The van der Waals surface area contributed by atoms with Crippen LogP contribution in [0.15, 0.2) is 36.4 Å². The van der Waals surface area contributed by atoms with E-state index in [9.17, 15) is 9.59 Å². The van der Waals surface area contributed by atoms with Gasteiger partial charge in [-0.3, -0.25) is 9.59 Å². The van der Waals surface area contributed by atoms with Crippen molar-refractivity contribution in [3.8, 4) is 0 Å². The summed E-state index contributed by atoms with van der Waals surface area (Å²) >= 11 is 3.81. The number of fused-ring (bicyclic) bond motifs is 13. The minimum Gasteiger partial charge on any atom is -0.348 e. The van der Waals surface area contributed by atoms with E-state index >= 15 is 0 Å². The minimum absolute atomic E-state index is 0.00298. The highest BCUT2D eigenvalue weighted by atomic mass is 32.2. The van der Waals surface area contributed by atoms with Crippen LogP contribution in [0.4, 0.5) is 0 Å². The topological polar surface area (TPSA) is 65.3 Å². The molecule has 8 heteroatoms. The molecule has 2 unspecified atom stereocenters. The van der Waals surface area contributed by atoms with Crippen molar-refractivity contribution in [1.82, 2.24) is 14.5 Å². The largest absolute Gasteiger partial charge is 0.348 e. The second kappa shape index (κ2) is 9.03. The zero-order chi connectivity index (χ0) is 28.2. The third-order valence-electron chi connectivity index (χ3n) is 9.57. The number of ketones is 1. The second-order valence-corrected chi connectivity index (χ2v) is 14.4. The highest BCUT2D eigenvalue weighted by molar-refractivity contribution is 7.98. The molecule has 3 aliphatic heterocycles. The van der Waals surface area contributed by atoms with E-state index in [2.05, 4.69) is 71.6 Å². The van der Waals surface area contributed by atoms with Crippen molar-refractivity contribution >= 4 is 78.8 Å². The van der Waals surface area contributed by atoms with Gasteiger partial charge in [0.2, 0.25) is 0 Å². The maximum Gasteiger partial charge on any atom is 0.252 e. The van der Waals surface area contributed by atoms with Crippen molar-refractivity contribution in [3.05, 3.63) is 58.7 Å². The Morgan fingerprint density at radius 1 is 0.976 bits per heavy atom. The first-order valence-corrected chi connectivity index (χ1v) is 16.9. The molecular formula is C33H33N3O3S2. The van der Waals surface area contributed by atoms with Gasteiger partial charge in [-0.1, -0.05) is 26.0 Å². The fourth-order valence-electron chi connectivity index (χ4n) is 7.50. The third-order valence-corrected chi connectivity index (χ3v) is 11.5. The molecule has 1 saturated heterocycles. The van der Waals surface area contributed by atoms with Gasteiger partial charge in [0.25, 0.3) is 5.91 Å². The Morgan fingerprint density at radius 2 is 1.59 bits per heavy atom. The zero-order valence-corrected chi connectivity index (χ0v) is 25.4. The van der Waals surface area contributed by atoms with Crippen LogP contribution in [0.1, 0.15) is 73.6 Å². The average Bonchev–Trinajstić information content (AvgIpc) is 3.67. The summed E-state index contributed by atoms with van der Waals surface area (Å²) in [7, 11) is 0. The molecule has 3 atom stereocenters. The van der Waals surface area contributed by atoms with E-state index in [-0.39, 0.29) is 17.9 Å². The van der Waals surface area contributed by atoms with Gasteiger partial charge in [0.1, 0.15) is 18.2 Å². The molecule has 2 bridgehead atoms. The summed E-state index contributed by atoms with van der Waals surface area (Å²) in [5, 5.41) is 7.55. The van der Waals surface area contributed by atoms with Crippen molar-refractivity contribution in [2.24, 2.45) is 5.41 Å². The van der Waals surface area contributed by atoms with Crippen LogP contribution in [0.5, 0.6) is 0 Å². The lowest BCUT2D eigenvalue weighted by Crippen LogP contribution is -2.32. The number of benzene rings is 3. The molecule has 5 heterocycles. The Kier molecular flexibility index (Phi) is 5.67. The lowest BCUT2D eigenvalue weighted by molar-refractivity contribution is -0.132. The van der Waals surface area contributed by atoms with Crippen LogP contribution >= 0.6 is 23.5 Å². The van der Waals surface area contributed by atoms with Gasteiger partial charge in [-0.25, -0.2) is 0 Å². The number of Topliss-reactive ketones (excluding diaryl/α,β-unsaturated/α-hetero) is 1. The Morgan fingerprint density at radius 3 is 2.22 bits per heavy atom. The predicted molar refractivity (Wildman–Crippen MR) is 170 cm³/mol. The molecule has 6 nitrogen and oxygen atoms in total. The van der Waals surface area contributed by atoms with E-state index in [0.717, 1.165) is 77.8 Å². The standard InChI is InChI=1S/C33H33N3O3S2/c1-5-40-15-18-8-10-24-20(11-18)26-22-14-34-31(38)28(22)27-21-12-19(16-41-6-2)7-9-23(21)35-25-13-33(4,17(3)37)32(39-25)36(24)29(26)30(27)35/h7-12,25,32H,5-6,13-16H2,1-4H3,(H,34,38)/t25?,32?,33-/m1/s1. The average molecular weight is 584 g/mol. The molecule has 1 N–H and O–H groups in total. The normalized spacial score (nSPS) is 22.9. The first kappa shape index (κ1) is 25.7. The number of ether oxygens (including phenoxy) is 1. The van der Waals surface area contributed by atoms with Crippen LogP contribution in [0.3, 0.4) is 0 Å². The van der Waals surface area contributed by atoms with Crippen LogP contribution in [0, 0.1) is 5.41 Å². The lowest BCUT2D eigenvalue weighted by Gasteiger charge is -2.29. The lowest BCUT2D eigenvalue weighted by atomic mass is 9.81. The fourth-order valence-corrected chi connectivity index (χ4v) is 8.73. The molecule has 0 saturated carbocycles. The van der Waals surface area contributed by atoms with Crippen molar-refractivity contribution in [2.75, 3.05) is 11.5 Å². The number of carbonyl (C=O) groups is 2. The first-order valence-electron chi connectivity index (χ1n) is 14.6. The number of hydrogen-bond acceptors (Lipinski definition) is 5. The van der Waals surface area contributed by atoms with Gasteiger partial charge in [-0.05, 0) is 66.3 Å². The molecule has 0 radical (unpaired) electrons. The summed E-state index contributed by atoms with van der Waals surface area (Å²) in [5.74, 6) is 4.12. The zero-order valence-electron chi connectivity index (χ0n) is 23.8. The van der Waals surface area contributed by atoms with Gasteiger partial charge in [-0.2, -0.15) is 23.5 Å². The molecule has 210 valence electrons. The van der Waals surface area contributed by atoms with E-state index in [1.807, 2.05) is 23.5 Å². The number of nitrogens with one attached hydrogen (secondary N) is 1. The molecule has 41 heavy (non-hydrogen) atoms. The van der Waals surface area contributed by atoms with Crippen LogP contribution in [0.2, 0.25) is 0 Å². The minimum atomic E-state index is -0.675. The van der Waals surface area contributed by atoms with E-state index in [1.165, 1.54) is 11.1 Å². The molecule has 3 aliphatic rings. The highest BCUT2D eigenvalue weighted by Gasteiger charge is 2.53. The molecule has 0 aliphatic carbocycles. The summed E-state index contributed by atoms with van der Waals surface area (Å²) in [4.78, 5) is 27.0. The number of carbonyl (C=O) groups excluding carboxylic acids is 2. The summed E-state index contributed by atoms with van der Waals surface area (Å²) in [6.07, 6.45) is -0.137. The molecule has 1 fully saturated rings.